The number of halogens is 1. The number of carbonyl (C=O) groups is 1. The normalized spacial score (nSPS) is 12.2. The lowest BCUT2D eigenvalue weighted by Gasteiger charge is -2.23. The first kappa shape index (κ1) is 13.3. The molecule has 16 heavy (non-hydrogen) atoms. The van der Waals surface area contributed by atoms with Gasteiger partial charge in [0.25, 0.3) is 5.91 Å². The van der Waals surface area contributed by atoms with Gasteiger partial charge in [0.1, 0.15) is 10.8 Å². The number of nitrogens with zero attached hydrogens (tertiary/aromatic N) is 3. The van der Waals surface area contributed by atoms with Crippen LogP contribution in [0.2, 0.25) is 5.15 Å². The van der Waals surface area contributed by atoms with Gasteiger partial charge in [0.15, 0.2) is 0 Å². The first-order valence-electron chi connectivity index (χ1n) is 4.80. The number of rotatable bonds is 4. The molecule has 0 saturated carbocycles. The van der Waals surface area contributed by atoms with Crippen molar-refractivity contribution in [3.63, 3.8) is 0 Å². The summed E-state index contributed by atoms with van der Waals surface area (Å²) < 4.78 is 0. The third-order valence-corrected chi connectivity index (χ3v) is 3.21. The molecule has 1 atom stereocenters. The second-order valence-electron chi connectivity index (χ2n) is 3.45. The molecule has 0 aliphatic rings. The lowest BCUT2D eigenvalue weighted by atomic mass is 10.3. The summed E-state index contributed by atoms with van der Waals surface area (Å²) in [5.41, 5.74) is 0.281. The maximum atomic E-state index is 12.0. The molecule has 0 aliphatic heterocycles. The third kappa shape index (κ3) is 3.35. The Kier molecular flexibility index (Phi) is 5.02. The molecular weight excluding hydrogens is 246 g/mol. The van der Waals surface area contributed by atoms with Gasteiger partial charge >= 0.3 is 0 Å². The van der Waals surface area contributed by atoms with E-state index in [1.165, 1.54) is 12.4 Å². The van der Waals surface area contributed by atoms with Crippen molar-refractivity contribution in [1.82, 2.24) is 14.9 Å². The Morgan fingerprint density at radius 3 is 2.88 bits per heavy atom. The van der Waals surface area contributed by atoms with Gasteiger partial charge in [-0.1, -0.05) is 11.6 Å². The van der Waals surface area contributed by atoms with Gasteiger partial charge in [0, 0.05) is 18.8 Å². The van der Waals surface area contributed by atoms with Gasteiger partial charge in [-0.2, -0.15) is 11.8 Å². The summed E-state index contributed by atoms with van der Waals surface area (Å²) in [4.78, 5) is 21.4. The maximum absolute atomic E-state index is 12.0. The summed E-state index contributed by atoms with van der Waals surface area (Å²) in [5, 5.41) is 0.233. The van der Waals surface area contributed by atoms with Crippen LogP contribution in [0.1, 0.15) is 17.4 Å². The molecule has 1 rings (SSSR count). The number of carbonyl (C=O) groups excluding carboxylic acids is 1. The highest BCUT2D eigenvalue weighted by molar-refractivity contribution is 7.98. The average Bonchev–Trinajstić information content (AvgIpc) is 2.27. The predicted octanol–water partition coefficient (Wildman–Crippen LogP) is 1.95. The van der Waals surface area contributed by atoms with E-state index in [1.54, 1.807) is 23.7 Å². The Labute approximate surface area is 104 Å². The molecule has 1 aromatic heterocycles. The molecule has 1 aromatic rings. The van der Waals surface area contributed by atoms with Crippen LogP contribution in [0.3, 0.4) is 0 Å². The number of amides is 1. The zero-order chi connectivity index (χ0) is 12.1. The molecule has 1 amide bonds. The van der Waals surface area contributed by atoms with Crippen LogP contribution in [0.4, 0.5) is 0 Å². The molecular formula is C10H14ClN3OS. The monoisotopic (exact) mass is 259 g/mol. The van der Waals surface area contributed by atoms with Crippen LogP contribution in [0.25, 0.3) is 0 Å². The summed E-state index contributed by atoms with van der Waals surface area (Å²) >= 11 is 7.38. The standard InChI is InChI=1S/C10H14ClN3OS/c1-7(6-16-3)14(2)10(15)8-4-12-5-9(11)13-8/h4-5,7H,6H2,1-3H3. The lowest BCUT2D eigenvalue weighted by molar-refractivity contribution is 0.0751. The molecule has 0 N–H and O–H groups in total. The van der Waals surface area contributed by atoms with Crippen molar-refractivity contribution in [2.75, 3.05) is 19.1 Å². The van der Waals surface area contributed by atoms with Crippen LogP contribution in [-0.2, 0) is 0 Å². The Morgan fingerprint density at radius 1 is 1.62 bits per heavy atom. The highest BCUT2D eigenvalue weighted by atomic mass is 35.5. The lowest BCUT2D eigenvalue weighted by Crippen LogP contribution is -2.37. The van der Waals surface area contributed by atoms with Crippen molar-refractivity contribution in [3.8, 4) is 0 Å². The van der Waals surface area contributed by atoms with E-state index in [9.17, 15) is 4.79 Å². The second-order valence-corrected chi connectivity index (χ2v) is 4.75. The molecule has 0 radical (unpaired) electrons. The van der Waals surface area contributed by atoms with Gasteiger partial charge < -0.3 is 4.90 Å². The SMILES string of the molecule is CSCC(C)N(C)C(=O)c1cncc(Cl)n1. The van der Waals surface area contributed by atoms with E-state index in [4.69, 9.17) is 11.6 Å². The number of hydrogen-bond donors (Lipinski definition) is 0. The highest BCUT2D eigenvalue weighted by Gasteiger charge is 2.18. The quantitative estimate of drug-likeness (QED) is 0.829. The van der Waals surface area contributed by atoms with Crippen LogP contribution in [-0.4, -0.2) is 45.9 Å². The van der Waals surface area contributed by atoms with Crippen LogP contribution in [0.15, 0.2) is 12.4 Å². The fraction of sp³-hybridized carbons (Fsp3) is 0.500. The third-order valence-electron chi connectivity index (χ3n) is 2.21. The van der Waals surface area contributed by atoms with E-state index >= 15 is 0 Å². The molecule has 1 heterocycles. The van der Waals surface area contributed by atoms with Gasteiger partial charge in [0.2, 0.25) is 0 Å². The van der Waals surface area contributed by atoms with Gasteiger partial charge in [0.05, 0.1) is 12.4 Å². The van der Waals surface area contributed by atoms with E-state index < -0.39 is 0 Å². The van der Waals surface area contributed by atoms with Crippen LogP contribution < -0.4 is 0 Å². The molecule has 0 aromatic carbocycles. The molecule has 0 aliphatic carbocycles. The highest BCUT2D eigenvalue weighted by Crippen LogP contribution is 2.09. The van der Waals surface area contributed by atoms with Crippen LogP contribution in [0.5, 0.6) is 0 Å². The van der Waals surface area contributed by atoms with Gasteiger partial charge in [-0.25, -0.2) is 4.98 Å². The average molecular weight is 260 g/mol. The fourth-order valence-corrected chi connectivity index (χ4v) is 2.03. The smallest absolute Gasteiger partial charge is 0.274 e. The fourth-order valence-electron chi connectivity index (χ4n) is 1.18. The van der Waals surface area contributed by atoms with Crippen molar-refractivity contribution in [3.05, 3.63) is 23.2 Å². The van der Waals surface area contributed by atoms with Gasteiger partial charge in [-0.05, 0) is 13.2 Å². The minimum atomic E-state index is -0.156. The summed E-state index contributed by atoms with van der Waals surface area (Å²) in [6.45, 7) is 1.99. The largest absolute Gasteiger partial charge is 0.337 e. The van der Waals surface area contributed by atoms with E-state index in [0.717, 1.165) is 5.75 Å². The Hall–Kier alpha value is -0.810. The molecule has 0 fully saturated rings. The zero-order valence-corrected chi connectivity index (χ0v) is 11.0. The molecule has 0 saturated heterocycles. The summed E-state index contributed by atoms with van der Waals surface area (Å²) in [5.74, 6) is 0.729. The van der Waals surface area contributed by atoms with Gasteiger partial charge in [-0.3, -0.25) is 9.78 Å². The Bertz CT molecular complexity index is 375. The van der Waals surface area contributed by atoms with E-state index in [-0.39, 0.29) is 22.8 Å². The first-order chi connectivity index (χ1) is 7.56. The van der Waals surface area contributed by atoms with Crippen molar-refractivity contribution in [2.24, 2.45) is 0 Å². The topological polar surface area (TPSA) is 46.1 Å². The second kappa shape index (κ2) is 6.06. The van der Waals surface area contributed by atoms with Crippen molar-refractivity contribution >= 4 is 29.3 Å². The number of hydrogen-bond acceptors (Lipinski definition) is 4. The van der Waals surface area contributed by atoms with Crippen LogP contribution >= 0.6 is 23.4 Å². The molecule has 0 bridgehead atoms. The number of thioether (sulfide) groups is 1. The first-order valence-corrected chi connectivity index (χ1v) is 6.57. The molecule has 6 heteroatoms. The van der Waals surface area contributed by atoms with Gasteiger partial charge in [-0.15, -0.1) is 0 Å². The summed E-state index contributed by atoms with van der Waals surface area (Å²) in [6, 6.07) is 0.156. The maximum Gasteiger partial charge on any atom is 0.274 e. The Morgan fingerprint density at radius 2 is 2.31 bits per heavy atom. The van der Waals surface area contributed by atoms with E-state index in [1.807, 2.05) is 13.2 Å². The predicted molar refractivity (Wildman–Crippen MR) is 67.0 cm³/mol. The molecule has 1 unspecified atom stereocenters. The Balaban J connectivity index is 2.77. The molecule has 4 nitrogen and oxygen atoms in total. The van der Waals surface area contributed by atoms with E-state index in [2.05, 4.69) is 9.97 Å². The van der Waals surface area contributed by atoms with E-state index in [0.29, 0.717) is 0 Å². The summed E-state index contributed by atoms with van der Waals surface area (Å²) in [7, 11) is 1.76. The van der Waals surface area contributed by atoms with Crippen molar-refractivity contribution < 1.29 is 4.79 Å². The van der Waals surface area contributed by atoms with Crippen molar-refractivity contribution in [2.45, 2.75) is 13.0 Å². The number of aromatic nitrogens is 2. The van der Waals surface area contributed by atoms with Crippen molar-refractivity contribution in [1.29, 1.82) is 0 Å². The minimum absolute atomic E-state index is 0.156. The van der Waals surface area contributed by atoms with Crippen LogP contribution in [0, 0.1) is 0 Å². The summed E-state index contributed by atoms with van der Waals surface area (Å²) in [6.07, 6.45) is 4.84. The minimum Gasteiger partial charge on any atom is -0.337 e. The molecule has 88 valence electrons. The molecule has 0 spiro atoms. The zero-order valence-electron chi connectivity index (χ0n) is 9.48.